The molecule has 3 N–H and O–H groups in total. The first kappa shape index (κ1) is 15.3. The van der Waals surface area contributed by atoms with E-state index in [1.54, 1.807) is 18.3 Å². The normalized spacial score (nSPS) is 13.9. The zero-order chi connectivity index (χ0) is 16.7. The molecule has 0 bridgehead atoms. The molecule has 9 heteroatoms. The summed E-state index contributed by atoms with van der Waals surface area (Å²) in [5.41, 5.74) is 1.13. The Morgan fingerprint density at radius 1 is 1.42 bits per heavy atom. The molecule has 0 amide bonds. The molecule has 122 valence electrons. The molecule has 1 aliphatic carbocycles. The highest BCUT2D eigenvalue weighted by Crippen LogP contribution is 2.40. The average molecular weight is 406 g/mol. The Hall–Kier alpha value is -2.26. The van der Waals surface area contributed by atoms with E-state index in [4.69, 9.17) is 5.11 Å². The van der Waals surface area contributed by atoms with Crippen molar-refractivity contribution in [3.63, 3.8) is 0 Å². The first-order valence-corrected chi connectivity index (χ1v) is 8.89. The van der Waals surface area contributed by atoms with Crippen molar-refractivity contribution in [3.8, 4) is 10.7 Å². The smallest absolute Gasteiger partial charge is 0.345 e. The fraction of sp³-hybridized carbons (Fsp3) is 0.200. The molecular weight excluding hydrogens is 394 g/mol. The van der Waals surface area contributed by atoms with Gasteiger partial charge in [0.15, 0.2) is 11.6 Å². The van der Waals surface area contributed by atoms with Crippen LogP contribution in [0.25, 0.3) is 10.7 Å². The van der Waals surface area contributed by atoms with Crippen molar-refractivity contribution in [1.29, 1.82) is 0 Å². The van der Waals surface area contributed by atoms with Crippen LogP contribution in [0.2, 0.25) is 0 Å². The summed E-state index contributed by atoms with van der Waals surface area (Å²) in [4.78, 5) is 20.7. The van der Waals surface area contributed by atoms with E-state index in [1.807, 2.05) is 6.07 Å². The van der Waals surface area contributed by atoms with Crippen LogP contribution < -0.4 is 5.32 Å². The van der Waals surface area contributed by atoms with Crippen LogP contribution in [0.3, 0.4) is 0 Å². The Bertz CT molecular complexity index is 918. The van der Waals surface area contributed by atoms with Crippen LogP contribution in [0.15, 0.2) is 28.9 Å². The molecule has 24 heavy (non-hydrogen) atoms. The first-order chi connectivity index (χ1) is 11.6. The predicted octanol–water partition coefficient (Wildman–Crippen LogP) is 4.01. The zero-order valence-corrected chi connectivity index (χ0v) is 14.7. The van der Waals surface area contributed by atoms with Gasteiger partial charge in [-0.15, -0.1) is 11.3 Å². The number of rotatable bonds is 5. The lowest BCUT2D eigenvalue weighted by Crippen LogP contribution is -1.98. The lowest BCUT2D eigenvalue weighted by molar-refractivity contribution is 0.0702. The van der Waals surface area contributed by atoms with E-state index in [2.05, 4.69) is 41.4 Å². The number of aromatic amines is 1. The van der Waals surface area contributed by atoms with Crippen LogP contribution >= 0.6 is 27.3 Å². The number of anilines is 2. The number of nitrogens with zero attached hydrogens (tertiary/aromatic N) is 3. The maximum Gasteiger partial charge on any atom is 0.345 e. The number of carbonyl (C=O) groups is 1. The Balaban J connectivity index is 1.61. The maximum absolute atomic E-state index is 11.0. The third-order valence-corrected chi connectivity index (χ3v) is 5.29. The van der Waals surface area contributed by atoms with Crippen LogP contribution in [0.4, 0.5) is 11.6 Å². The molecule has 0 saturated heterocycles. The molecule has 0 aromatic carbocycles. The summed E-state index contributed by atoms with van der Waals surface area (Å²) >= 11 is 4.56. The second-order valence-electron chi connectivity index (χ2n) is 5.47. The van der Waals surface area contributed by atoms with Gasteiger partial charge in [-0.3, -0.25) is 5.10 Å². The molecule has 7 nitrogen and oxygen atoms in total. The van der Waals surface area contributed by atoms with E-state index in [9.17, 15) is 4.79 Å². The van der Waals surface area contributed by atoms with Gasteiger partial charge in [0.25, 0.3) is 0 Å². The minimum atomic E-state index is -0.953. The minimum Gasteiger partial charge on any atom is -0.477 e. The minimum absolute atomic E-state index is 0.257. The molecule has 3 aromatic rings. The molecule has 1 saturated carbocycles. The number of thiophene rings is 1. The number of carboxylic acids is 1. The number of H-pyrrole nitrogens is 1. The summed E-state index contributed by atoms with van der Waals surface area (Å²) in [6, 6.07) is 5.25. The van der Waals surface area contributed by atoms with Gasteiger partial charge in [0.05, 0.1) is 9.35 Å². The van der Waals surface area contributed by atoms with Gasteiger partial charge in [-0.2, -0.15) is 5.10 Å². The van der Waals surface area contributed by atoms with Crippen molar-refractivity contribution < 1.29 is 9.90 Å². The van der Waals surface area contributed by atoms with E-state index in [0.29, 0.717) is 32.7 Å². The number of aromatic carboxylic acids is 1. The lowest BCUT2D eigenvalue weighted by Gasteiger charge is -2.05. The fourth-order valence-electron chi connectivity index (χ4n) is 2.27. The molecule has 0 spiro atoms. The molecule has 3 aromatic heterocycles. The van der Waals surface area contributed by atoms with Gasteiger partial charge in [0.2, 0.25) is 0 Å². The lowest BCUT2D eigenvalue weighted by atomic mass is 10.3. The Morgan fingerprint density at radius 2 is 2.25 bits per heavy atom. The second-order valence-corrected chi connectivity index (χ2v) is 7.41. The highest BCUT2D eigenvalue weighted by molar-refractivity contribution is 9.10. The van der Waals surface area contributed by atoms with Crippen LogP contribution in [-0.2, 0) is 0 Å². The Labute approximate surface area is 149 Å². The summed E-state index contributed by atoms with van der Waals surface area (Å²) in [5.74, 6) is 1.39. The van der Waals surface area contributed by atoms with Crippen molar-refractivity contribution in [3.05, 3.63) is 39.4 Å². The molecular formula is C15H12BrN5O2S. The van der Waals surface area contributed by atoms with Crippen LogP contribution in [0.1, 0.15) is 34.1 Å². The average Bonchev–Trinajstić information content (AvgIpc) is 3.10. The van der Waals surface area contributed by atoms with Crippen molar-refractivity contribution in [2.24, 2.45) is 0 Å². The van der Waals surface area contributed by atoms with Gasteiger partial charge in [-0.05, 0) is 40.9 Å². The third kappa shape index (κ3) is 3.04. The molecule has 1 aliphatic rings. The van der Waals surface area contributed by atoms with Crippen LogP contribution in [-0.4, -0.2) is 31.2 Å². The number of halogens is 1. The van der Waals surface area contributed by atoms with E-state index < -0.39 is 5.97 Å². The van der Waals surface area contributed by atoms with E-state index in [1.165, 1.54) is 12.8 Å². The molecule has 0 atom stereocenters. The Morgan fingerprint density at radius 3 is 2.96 bits per heavy atom. The number of aromatic nitrogens is 4. The van der Waals surface area contributed by atoms with Crippen LogP contribution in [0.5, 0.6) is 0 Å². The summed E-state index contributed by atoms with van der Waals surface area (Å²) in [6.07, 6.45) is 4.04. The topological polar surface area (TPSA) is 104 Å². The maximum atomic E-state index is 11.0. The van der Waals surface area contributed by atoms with Gasteiger partial charge in [-0.25, -0.2) is 14.8 Å². The molecule has 3 heterocycles. The van der Waals surface area contributed by atoms with E-state index >= 15 is 0 Å². The van der Waals surface area contributed by atoms with Gasteiger partial charge in [-0.1, -0.05) is 0 Å². The fourth-order valence-corrected chi connectivity index (χ4v) is 3.35. The van der Waals surface area contributed by atoms with Crippen molar-refractivity contribution in [2.75, 3.05) is 5.32 Å². The van der Waals surface area contributed by atoms with Crippen molar-refractivity contribution in [1.82, 2.24) is 20.2 Å². The number of hydrogen-bond acceptors (Lipinski definition) is 6. The van der Waals surface area contributed by atoms with E-state index in [0.717, 1.165) is 17.0 Å². The van der Waals surface area contributed by atoms with Crippen molar-refractivity contribution in [2.45, 2.75) is 18.8 Å². The highest BCUT2D eigenvalue weighted by atomic mass is 79.9. The third-order valence-electron chi connectivity index (χ3n) is 3.64. The van der Waals surface area contributed by atoms with Gasteiger partial charge < -0.3 is 10.4 Å². The van der Waals surface area contributed by atoms with Gasteiger partial charge in [0, 0.05) is 23.9 Å². The van der Waals surface area contributed by atoms with E-state index in [-0.39, 0.29) is 4.88 Å². The number of hydrogen-bond donors (Lipinski definition) is 3. The van der Waals surface area contributed by atoms with Gasteiger partial charge >= 0.3 is 5.97 Å². The summed E-state index contributed by atoms with van der Waals surface area (Å²) < 4.78 is 0.706. The predicted molar refractivity (Wildman–Crippen MR) is 93.8 cm³/mol. The molecule has 0 unspecified atom stereocenters. The molecule has 1 fully saturated rings. The molecule has 0 aliphatic heterocycles. The zero-order valence-electron chi connectivity index (χ0n) is 12.3. The SMILES string of the molecule is O=C(O)c1ccc(-c2ncc(Br)c(Nc3cc(C4CC4)[nH]n3)n2)s1. The standard InChI is InChI=1S/C15H12BrN5O2S/c16-8-6-17-14(10-3-4-11(24-10)15(22)23)19-13(8)18-12-5-9(20-21-12)7-1-2-7/h3-7H,1-2H2,(H,22,23)(H2,17,18,19,20,21). The largest absolute Gasteiger partial charge is 0.477 e. The summed E-state index contributed by atoms with van der Waals surface area (Å²) in [7, 11) is 0. The first-order valence-electron chi connectivity index (χ1n) is 7.28. The van der Waals surface area contributed by atoms with Crippen molar-refractivity contribution >= 4 is 44.9 Å². The summed E-state index contributed by atoms with van der Waals surface area (Å²) in [6.45, 7) is 0. The molecule has 4 rings (SSSR count). The van der Waals surface area contributed by atoms with Gasteiger partial charge in [0.1, 0.15) is 10.7 Å². The second kappa shape index (κ2) is 5.99. The molecule has 0 radical (unpaired) electrons. The quantitative estimate of drug-likeness (QED) is 0.592. The number of carboxylic acid groups (broad SMARTS) is 1. The monoisotopic (exact) mass is 405 g/mol. The number of nitrogens with one attached hydrogen (secondary N) is 2. The van der Waals surface area contributed by atoms with Crippen LogP contribution in [0, 0.1) is 0 Å². The highest BCUT2D eigenvalue weighted by Gasteiger charge is 2.25. The summed E-state index contributed by atoms with van der Waals surface area (Å²) in [5, 5.41) is 19.5. The Kier molecular flexibility index (Phi) is 3.81.